The van der Waals surface area contributed by atoms with Crippen LogP contribution in [0.3, 0.4) is 0 Å². The maximum atomic E-state index is 12.8. The standard InChI is InChI=1S/C16H17N5O2/c22-15(11-4-5-13-14(9-11)19-16(23)18-13)20-7-1-3-12(10-20)21-8-2-6-17-21/h2,4-6,8-9,12H,1,3,7,10H2,(H2,18,19,23)/t12-/m1/s1. The molecular formula is C16H17N5O2. The van der Waals surface area contributed by atoms with E-state index in [0.29, 0.717) is 23.1 Å². The van der Waals surface area contributed by atoms with Crippen molar-refractivity contribution >= 4 is 16.9 Å². The molecule has 3 aromatic rings. The highest BCUT2D eigenvalue weighted by Gasteiger charge is 2.25. The molecule has 1 aliphatic rings. The molecule has 7 nitrogen and oxygen atoms in total. The van der Waals surface area contributed by atoms with Crippen molar-refractivity contribution in [3.8, 4) is 0 Å². The largest absolute Gasteiger partial charge is 0.337 e. The number of rotatable bonds is 2. The van der Waals surface area contributed by atoms with Gasteiger partial charge in [0.25, 0.3) is 5.91 Å². The number of amides is 1. The first-order chi connectivity index (χ1) is 11.2. The van der Waals surface area contributed by atoms with E-state index in [0.717, 1.165) is 19.4 Å². The minimum absolute atomic E-state index is 0.00851. The molecule has 0 bridgehead atoms. The first kappa shape index (κ1) is 13.8. The summed E-state index contributed by atoms with van der Waals surface area (Å²) in [6, 6.07) is 7.37. The first-order valence-corrected chi connectivity index (χ1v) is 7.71. The van der Waals surface area contributed by atoms with Crippen molar-refractivity contribution in [3.05, 3.63) is 52.7 Å². The highest BCUT2D eigenvalue weighted by Crippen LogP contribution is 2.22. The molecule has 7 heteroatoms. The molecule has 0 spiro atoms. The minimum Gasteiger partial charge on any atom is -0.337 e. The Bertz CT molecular complexity index is 893. The predicted octanol–water partition coefficient (Wildman–Crippen LogP) is 1.53. The summed E-state index contributed by atoms with van der Waals surface area (Å²) >= 11 is 0. The number of benzene rings is 1. The van der Waals surface area contributed by atoms with Crippen molar-refractivity contribution in [2.45, 2.75) is 18.9 Å². The molecule has 0 saturated carbocycles. The number of nitrogens with one attached hydrogen (secondary N) is 2. The van der Waals surface area contributed by atoms with Gasteiger partial charge in [-0.1, -0.05) is 0 Å². The number of fused-ring (bicyclic) bond motifs is 1. The summed E-state index contributed by atoms with van der Waals surface area (Å²) in [6.45, 7) is 1.40. The van der Waals surface area contributed by atoms with Crippen LogP contribution in [0.1, 0.15) is 29.2 Å². The van der Waals surface area contributed by atoms with Crippen LogP contribution in [0.15, 0.2) is 41.5 Å². The van der Waals surface area contributed by atoms with E-state index < -0.39 is 0 Å². The zero-order valence-electron chi connectivity index (χ0n) is 12.5. The second-order valence-electron chi connectivity index (χ2n) is 5.87. The molecule has 1 amide bonds. The third kappa shape index (κ3) is 2.54. The van der Waals surface area contributed by atoms with Gasteiger partial charge in [-0.25, -0.2) is 4.79 Å². The average Bonchev–Trinajstić information content (AvgIpc) is 3.22. The van der Waals surface area contributed by atoms with E-state index in [-0.39, 0.29) is 17.6 Å². The topological polar surface area (TPSA) is 86.8 Å². The molecule has 0 unspecified atom stereocenters. The summed E-state index contributed by atoms with van der Waals surface area (Å²) in [7, 11) is 0. The Kier molecular flexibility index (Phi) is 3.25. The second-order valence-corrected chi connectivity index (χ2v) is 5.87. The quantitative estimate of drug-likeness (QED) is 0.752. The van der Waals surface area contributed by atoms with E-state index >= 15 is 0 Å². The lowest BCUT2D eigenvalue weighted by Crippen LogP contribution is -2.40. The van der Waals surface area contributed by atoms with E-state index in [1.807, 2.05) is 21.8 Å². The van der Waals surface area contributed by atoms with Crippen LogP contribution in [0.4, 0.5) is 0 Å². The highest BCUT2D eigenvalue weighted by molar-refractivity contribution is 5.97. The number of H-pyrrole nitrogens is 2. The Morgan fingerprint density at radius 1 is 1.26 bits per heavy atom. The molecule has 1 fully saturated rings. The smallest absolute Gasteiger partial charge is 0.323 e. The summed E-state index contributed by atoms with van der Waals surface area (Å²) in [5, 5.41) is 4.28. The minimum atomic E-state index is -0.263. The summed E-state index contributed by atoms with van der Waals surface area (Å²) in [5.41, 5.74) is 1.69. The van der Waals surface area contributed by atoms with Crippen LogP contribution >= 0.6 is 0 Å². The molecule has 23 heavy (non-hydrogen) atoms. The summed E-state index contributed by atoms with van der Waals surface area (Å²) in [6.07, 6.45) is 5.68. The Morgan fingerprint density at radius 2 is 2.13 bits per heavy atom. The number of hydrogen-bond donors (Lipinski definition) is 2. The van der Waals surface area contributed by atoms with Gasteiger partial charge >= 0.3 is 5.69 Å². The van der Waals surface area contributed by atoms with Gasteiger partial charge in [-0.15, -0.1) is 0 Å². The number of hydrogen-bond acceptors (Lipinski definition) is 3. The van der Waals surface area contributed by atoms with Gasteiger partial charge in [-0.3, -0.25) is 9.48 Å². The molecule has 3 heterocycles. The van der Waals surface area contributed by atoms with Gasteiger partial charge < -0.3 is 14.9 Å². The van der Waals surface area contributed by atoms with Crippen LogP contribution < -0.4 is 5.69 Å². The van der Waals surface area contributed by atoms with E-state index in [9.17, 15) is 9.59 Å². The number of aromatic nitrogens is 4. The number of aromatic amines is 2. The fraction of sp³-hybridized carbons (Fsp3) is 0.312. The average molecular weight is 311 g/mol. The van der Waals surface area contributed by atoms with Gasteiger partial charge in [-0.05, 0) is 37.1 Å². The van der Waals surface area contributed by atoms with Gasteiger partial charge in [0.15, 0.2) is 0 Å². The highest BCUT2D eigenvalue weighted by atomic mass is 16.2. The van der Waals surface area contributed by atoms with E-state index in [1.54, 1.807) is 24.4 Å². The third-order valence-corrected chi connectivity index (χ3v) is 4.35. The Labute approximate surface area is 131 Å². The summed E-state index contributed by atoms with van der Waals surface area (Å²) in [4.78, 5) is 31.3. The van der Waals surface area contributed by atoms with Gasteiger partial charge in [-0.2, -0.15) is 5.10 Å². The first-order valence-electron chi connectivity index (χ1n) is 7.71. The van der Waals surface area contributed by atoms with Crippen LogP contribution in [0.2, 0.25) is 0 Å². The molecule has 4 rings (SSSR count). The van der Waals surface area contributed by atoms with Gasteiger partial charge in [0, 0.05) is 31.0 Å². The molecule has 118 valence electrons. The van der Waals surface area contributed by atoms with Gasteiger partial charge in [0.2, 0.25) is 0 Å². The normalized spacial score (nSPS) is 18.4. The maximum absolute atomic E-state index is 12.8. The summed E-state index contributed by atoms with van der Waals surface area (Å²) < 4.78 is 1.92. The van der Waals surface area contributed by atoms with Crippen molar-refractivity contribution < 1.29 is 4.79 Å². The number of carbonyl (C=O) groups is 1. The summed E-state index contributed by atoms with van der Waals surface area (Å²) in [5.74, 6) is -0.00851. The number of imidazole rings is 1. The van der Waals surface area contributed by atoms with E-state index in [4.69, 9.17) is 0 Å². The zero-order chi connectivity index (χ0) is 15.8. The fourth-order valence-electron chi connectivity index (χ4n) is 3.20. The van der Waals surface area contributed by atoms with E-state index in [2.05, 4.69) is 15.1 Å². The van der Waals surface area contributed by atoms with Crippen LogP contribution in [0, 0.1) is 0 Å². The molecule has 0 radical (unpaired) electrons. The fourth-order valence-corrected chi connectivity index (χ4v) is 3.20. The molecule has 1 aliphatic heterocycles. The lowest BCUT2D eigenvalue weighted by atomic mass is 10.0. The number of likely N-dealkylation sites (tertiary alicyclic amines) is 1. The maximum Gasteiger partial charge on any atom is 0.323 e. The number of carbonyl (C=O) groups excluding carboxylic acids is 1. The Morgan fingerprint density at radius 3 is 2.96 bits per heavy atom. The van der Waals surface area contributed by atoms with Crippen molar-refractivity contribution in [3.63, 3.8) is 0 Å². The van der Waals surface area contributed by atoms with Crippen molar-refractivity contribution in [1.82, 2.24) is 24.6 Å². The van der Waals surface area contributed by atoms with E-state index in [1.165, 1.54) is 0 Å². The van der Waals surface area contributed by atoms with Crippen LogP contribution in [0.5, 0.6) is 0 Å². The van der Waals surface area contributed by atoms with Crippen molar-refractivity contribution in [2.75, 3.05) is 13.1 Å². The van der Waals surface area contributed by atoms with Crippen molar-refractivity contribution in [1.29, 1.82) is 0 Å². The Balaban J connectivity index is 1.58. The Hall–Kier alpha value is -2.83. The number of piperidine rings is 1. The van der Waals surface area contributed by atoms with Gasteiger partial charge in [0.1, 0.15) is 0 Å². The van der Waals surface area contributed by atoms with Crippen molar-refractivity contribution in [2.24, 2.45) is 0 Å². The molecule has 1 saturated heterocycles. The monoisotopic (exact) mass is 311 g/mol. The zero-order valence-corrected chi connectivity index (χ0v) is 12.5. The molecule has 0 aliphatic carbocycles. The third-order valence-electron chi connectivity index (χ3n) is 4.35. The lowest BCUT2D eigenvalue weighted by Gasteiger charge is -2.33. The number of nitrogens with zero attached hydrogens (tertiary/aromatic N) is 3. The van der Waals surface area contributed by atoms with Crippen LogP contribution in [0.25, 0.3) is 11.0 Å². The molecule has 2 aromatic heterocycles. The molecular weight excluding hydrogens is 294 g/mol. The lowest BCUT2D eigenvalue weighted by molar-refractivity contribution is 0.0673. The van der Waals surface area contributed by atoms with Crippen LogP contribution in [-0.4, -0.2) is 43.6 Å². The SMILES string of the molecule is O=C(c1ccc2[nH]c(=O)[nH]c2c1)N1CCC[C@@H](n2cccn2)C1. The van der Waals surface area contributed by atoms with Gasteiger partial charge in [0.05, 0.1) is 17.1 Å². The predicted molar refractivity (Wildman–Crippen MR) is 85.3 cm³/mol. The molecule has 1 aromatic carbocycles. The second kappa shape index (κ2) is 5.42. The molecule has 1 atom stereocenters. The molecule has 2 N–H and O–H groups in total. The van der Waals surface area contributed by atoms with Crippen LogP contribution in [-0.2, 0) is 0 Å².